The Morgan fingerprint density at radius 1 is 1.21 bits per heavy atom. The molecule has 0 radical (unpaired) electrons. The minimum Gasteiger partial charge on any atom is -0.262 e. The first-order valence-corrected chi connectivity index (χ1v) is 7.82. The van der Waals surface area contributed by atoms with Crippen molar-refractivity contribution < 1.29 is 8.42 Å². The van der Waals surface area contributed by atoms with Crippen LogP contribution >= 0.6 is 27.5 Å². The first-order chi connectivity index (χ1) is 8.88. The van der Waals surface area contributed by atoms with Gasteiger partial charge in [-0.05, 0) is 42.8 Å². The molecule has 0 spiro atoms. The highest BCUT2D eigenvalue weighted by Crippen LogP contribution is 2.21. The Morgan fingerprint density at radius 2 is 1.95 bits per heavy atom. The second kappa shape index (κ2) is 5.44. The summed E-state index contributed by atoms with van der Waals surface area (Å²) in [5, 5.41) is 7.41. The molecule has 0 atom stereocenters. The van der Waals surface area contributed by atoms with E-state index in [4.69, 9.17) is 11.6 Å². The lowest BCUT2D eigenvalue weighted by atomic mass is 10.2. The SMILES string of the molecule is Cc1cc(S(=O)(=O)Nc2ccc(Cl)nn2)ccc1Br. The number of aromatic nitrogens is 2. The lowest BCUT2D eigenvalue weighted by molar-refractivity contribution is 0.601. The van der Waals surface area contributed by atoms with Gasteiger partial charge in [-0.25, -0.2) is 8.42 Å². The van der Waals surface area contributed by atoms with Crippen molar-refractivity contribution in [1.82, 2.24) is 10.2 Å². The third-order valence-corrected chi connectivity index (χ3v) is 4.75. The molecule has 0 aliphatic carbocycles. The maximum Gasteiger partial charge on any atom is 0.263 e. The number of anilines is 1. The Hall–Kier alpha value is -1.18. The van der Waals surface area contributed by atoms with Gasteiger partial charge in [0.25, 0.3) is 10.0 Å². The molecule has 1 N–H and O–H groups in total. The van der Waals surface area contributed by atoms with Gasteiger partial charge in [-0.1, -0.05) is 27.5 Å². The second-order valence-electron chi connectivity index (χ2n) is 3.76. The van der Waals surface area contributed by atoms with E-state index in [0.717, 1.165) is 10.0 Å². The van der Waals surface area contributed by atoms with Crippen LogP contribution in [0.3, 0.4) is 0 Å². The third kappa shape index (κ3) is 3.43. The van der Waals surface area contributed by atoms with Gasteiger partial charge < -0.3 is 0 Å². The summed E-state index contributed by atoms with van der Waals surface area (Å²) in [6, 6.07) is 7.65. The molecule has 8 heteroatoms. The van der Waals surface area contributed by atoms with Crippen molar-refractivity contribution in [3.8, 4) is 0 Å². The summed E-state index contributed by atoms with van der Waals surface area (Å²) in [6.07, 6.45) is 0. The number of aryl methyl sites for hydroxylation is 1. The molecule has 0 bridgehead atoms. The molecule has 1 heterocycles. The average Bonchev–Trinajstić information content (AvgIpc) is 2.35. The first kappa shape index (κ1) is 14.2. The van der Waals surface area contributed by atoms with Crippen LogP contribution in [0.25, 0.3) is 0 Å². The minimum absolute atomic E-state index is 0.116. The van der Waals surface area contributed by atoms with Crippen molar-refractivity contribution in [2.45, 2.75) is 11.8 Å². The molecular formula is C11H9BrClN3O2S. The van der Waals surface area contributed by atoms with Gasteiger partial charge in [0.2, 0.25) is 0 Å². The summed E-state index contributed by atoms with van der Waals surface area (Å²) in [6.45, 7) is 1.81. The fourth-order valence-corrected chi connectivity index (χ4v) is 2.78. The van der Waals surface area contributed by atoms with E-state index in [9.17, 15) is 8.42 Å². The van der Waals surface area contributed by atoms with Gasteiger partial charge in [0.15, 0.2) is 11.0 Å². The number of rotatable bonds is 3. The molecule has 0 saturated carbocycles. The van der Waals surface area contributed by atoms with Crippen LogP contribution < -0.4 is 4.72 Å². The van der Waals surface area contributed by atoms with E-state index in [2.05, 4.69) is 30.8 Å². The van der Waals surface area contributed by atoms with Gasteiger partial charge >= 0.3 is 0 Å². The summed E-state index contributed by atoms with van der Waals surface area (Å²) < 4.78 is 27.4. The van der Waals surface area contributed by atoms with Crippen molar-refractivity contribution in [2.24, 2.45) is 0 Å². The lowest BCUT2D eigenvalue weighted by Gasteiger charge is -2.08. The van der Waals surface area contributed by atoms with E-state index in [-0.39, 0.29) is 15.9 Å². The van der Waals surface area contributed by atoms with Crippen LogP contribution in [0, 0.1) is 6.92 Å². The second-order valence-corrected chi connectivity index (χ2v) is 6.68. The van der Waals surface area contributed by atoms with Crippen LogP contribution in [0.1, 0.15) is 5.56 Å². The Morgan fingerprint density at radius 3 is 2.53 bits per heavy atom. The molecule has 0 aliphatic rings. The molecule has 0 amide bonds. The molecule has 2 aromatic rings. The zero-order valence-electron chi connectivity index (χ0n) is 9.76. The quantitative estimate of drug-likeness (QED) is 0.911. The minimum atomic E-state index is -3.68. The molecule has 2 rings (SSSR count). The van der Waals surface area contributed by atoms with Gasteiger partial charge in [0.05, 0.1) is 4.90 Å². The summed E-state index contributed by atoms with van der Waals surface area (Å²) in [7, 11) is -3.68. The largest absolute Gasteiger partial charge is 0.263 e. The number of benzene rings is 1. The highest BCUT2D eigenvalue weighted by Gasteiger charge is 2.15. The average molecular weight is 363 g/mol. The zero-order chi connectivity index (χ0) is 14.0. The van der Waals surface area contributed by atoms with Crippen LogP contribution in [0.4, 0.5) is 5.82 Å². The summed E-state index contributed by atoms with van der Waals surface area (Å²) in [5.74, 6) is 0.116. The standard InChI is InChI=1S/C11H9BrClN3O2S/c1-7-6-8(2-3-9(7)12)19(17,18)16-11-5-4-10(13)14-15-11/h2-6H,1H3,(H,15,16). The van der Waals surface area contributed by atoms with Gasteiger partial charge in [-0.2, -0.15) is 0 Å². The maximum atomic E-state index is 12.1. The molecule has 0 aliphatic heterocycles. The van der Waals surface area contributed by atoms with Crippen LogP contribution in [0.15, 0.2) is 39.7 Å². The fraction of sp³-hybridized carbons (Fsp3) is 0.0909. The first-order valence-electron chi connectivity index (χ1n) is 5.17. The number of sulfonamides is 1. The van der Waals surface area contributed by atoms with E-state index < -0.39 is 10.0 Å². The number of hydrogen-bond acceptors (Lipinski definition) is 4. The van der Waals surface area contributed by atoms with Crippen LogP contribution in [0.5, 0.6) is 0 Å². The van der Waals surface area contributed by atoms with E-state index in [1.807, 2.05) is 6.92 Å². The molecule has 5 nitrogen and oxygen atoms in total. The molecule has 0 saturated heterocycles. The summed E-state index contributed by atoms with van der Waals surface area (Å²) in [5.41, 5.74) is 0.824. The topological polar surface area (TPSA) is 72.0 Å². The summed E-state index contributed by atoms with van der Waals surface area (Å²) >= 11 is 8.90. The molecule has 0 unspecified atom stereocenters. The predicted octanol–water partition coefficient (Wildman–Crippen LogP) is 3.00. The van der Waals surface area contributed by atoms with Crippen molar-refractivity contribution in [3.63, 3.8) is 0 Å². The van der Waals surface area contributed by atoms with E-state index in [0.29, 0.717) is 0 Å². The van der Waals surface area contributed by atoms with Crippen molar-refractivity contribution in [1.29, 1.82) is 0 Å². The van der Waals surface area contributed by atoms with Crippen molar-refractivity contribution in [2.75, 3.05) is 4.72 Å². The number of halogens is 2. The Labute approximate surface area is 124 Å². The van der Waals surface area contributed by atoms with Gasteiger partial charge in [0.1, 0.15) is 0 Å². The molecule has 0 fully saturated rings. The molecular weight excluding hydrogens is 354 g/mol. The Bertz CT molecular complexity index is 704. The number of nitrogens with one attached hydrogen (secondary N) is 1. The predicted molar refractivity (Wildman–Crippen MR) is 76.7 cm³/mol. The Balaban J connectivity index is 2.32. The van der Waals surface area contributed by atoms with Gasteiger partial charge in [0, 0.05) is 4.47 Å². The molecule has 1 aromatic heterocycles. The third-order valence-electron chi connectivity index (χ3n) is 2.31. The van der Waals surface area contributed by atoms with Crippen LogP contribution in [-0.4, -0.2) is 18.6 Å². The maximum absolute atomic E-state index is 12.1. The smallest absolute Gasteiger partial charge is 0.262 e. The summed E-state index contributed by atoms with van der Waals surface area (Å²) in [4.78, 5) is 0.157. The van der Waals surface area contributed by atoms with Gasteiger partial charge in [-0.3, -0.25) is 4.72 Å². The van der Waals surface area contributed by atoms with E-state index in [1.165, 1.54) is 18.2 Å². The van der Waals surface area contributed by atoms with Crippen LogP contribution in [-0.2, 0) is 10.0 Å². The molecule has 19 heavy (non-hydrogen) atoms. The monoisotopic (exact) mass is 361 g/mol. The zero-order valence-corrected chi connectivity index (χ0v) is 12.9. The number of nitrogens with zero attached hydrogens (tertiary/aromatic N) is 2. The lowest BCUT2D eigenvalue weighted by Crippen LogP contribution is -2.14. The van der Waals surface area contributed by atoms with E-state index >= 15 is 0 Å². The molecule has 100 valence electrons. The Kier molecular flexibility index (Phi) is 4.07. The highest BCUT2D eigenvalue weighted by molar-refractivity contribution is 9.10. The van der Waals surface area contributed by atoms with Crippen molar-refractivity contribution >= 4 is 43.4 Å². The highest BCUT2D eigenvalue weighted by atomic mass is 79.9. The molecule has 1 aromatic carbocycles. The van der Waals surface area contributed by atoms with E-state index in [1.54, 1.807) is 12.1 Å². The fourth-order valence-electron chi connectivity index (χ4n) is 1.35. The normalized spacial score (nSPS) is 11.3. The van der Waals surface area contributed by atoms with Crippen molar-refractivity contribution in [3.05, 3.63) is 45.5 Å². The van der Waals surface area contributed by atoms with Crippen LogP contribution in [0.2, 0.25) is 5.15 Å². The van der Waals surface area contributed by atoms with Gasteiger partial charge in [-0.15, -0.1) is 10.2 Å². The number of hydrogen-bond donors (Lipinski definition) is 1.